The number of nitrogens with zero attached hydrogens (tertiary/aromatic N) is 4. The van der Waals surface area contributed by atoms with Gasteiger partial charge in [0.05, 0.1) is 16.6 Å². The predicted octanol–water partition coefficient (Wildman–Crippen LogP) is 4.96. The van der Waals surface area contributed by atoms with E-state index in [1.807, 2.05) is 53.8 Å². The fourth-order valence-corrected chi connectivity index (χ4v) is 3.28. The number of nitrogens with one attached hydrogen (secondary N) is 1. The number of para-hydroxylation sites is 2. The Bertz CT molecular complexity index is 1170. The van der Waals surface area contributed by atoms with E-state index in [2.05, 4.69) is 22.9 Å². The lowest BCUT2D eigenvalue weighted by atomic mass is 10.0. The second-order valence-electron chi connectivity index (χ2n) is 6.05. The van der Waals surface area contributed by atoms with Crippen LogP contribution in [0.25, 0.3) is 16.7 Å². The van der Waals surface area contributed by atoms with Crippen molar-refractivity contribution in [2.75, 3.05) is 5.32 Å². The van der Waals surface area contributed by atoms with Crippen LogP contribution in [0.1, 0.15) is 16.7 Å². The van der Waals surface area contributed by atoms with Gasteiger partial charge in [0.2, 0.25) is 0 Å². The first kappa shape index (κ1) is 18.4. The molecular formula is C21H18ClN5. The van der Waals surface area contributed by atoms with Crippen LogP contribution in [0.4, 0.5) is 11.5 Å². The van der Waals surface area contributed by atoms with Crippen molar-refractivity contribution >= 4 is 40.6 Å². The molecule has 0 atom stereocenters. The number of benzene rings is 1. The van der Waals surface area contributed by atoms with Gasteiger partial charge >= 0.3 is 0 Å². The molecule has 6 heteroatoms. The normalized spacial score (nSPS) is 10.4. The number of hydrogen-bond acceptors (Lipinski definition) is 4. The first-order chi connectivity index (χ1) is 12.7. The van der Waals surface area contributed by atoms with Gasteiger partial charge in [0.15, 0.2) is 5.65 Å². The summed E-state index contributed by atoms with van der Waals surface area (Å²) in [5.74, 6) is 0.899. The maximum absolute atomic E-state index is 9.76. The van der Waals surface area contributed by atoms with Crippen LogP contribution in [0.15, 0.2) is 61.4 Å². The zero-order valence-corrected chi connectivity index (χ0v) is 15.6. The maximum atomic E-state index is 9.76. The van der Waals surface area contributed by atoms with Crippen molar-refractivity contribution in [1.82, 2.24) is 14.4 Å². The Labute approximate surface area is 163 Å². The topological polar surface area (TPSA) is 66.0 Å². The average Bonchev–Trinajstić information content (AvgIpc) is 3.05. The zero-order valence-electron chi connectivity index (χ0n) is 14.8. The van der Waals surface area contributed by atoms with E-state index in [1.54, 1.807) is 12.4 Å². The Morgan fingerprint density at radius 3 is 2.67 bits per heavy atom. The van der Waals surface area contributed by atoms with Crippen LogP contribution in [-0.4, -0.2) is 14.4 Å². The molecule has 0 aliphatic carbocycles. The van der Waals surface area contributed by atoms with Crippen LogP contribution < -0.4 is 5.32 Å². The SMILES string of the molecule is C=CCc1c(C)c(C#N)c2nc3ccccc3n2c1Nc1ccncc1.Cl. The summed E-state index contributed by atoms with van der Waals surface area (Å²) in [5.41, 5.74) is 5.95. The van der Waals surface area contributed by atoms with Crippen molar-refractivity contribution in [3.8, 4) is 6.07 Å². The lowest BCUT2D eigenvalue weighted by molar-refractivity contribution is 1.11. The van der Waals surface area contributed by atoms with Crippen LogP contribution >= 0.6 is 12.4 Å². The summed E-state index contributed by atoms with van der Waals surface area (Å²) in [6.07, 6.45) is 5.99. The van der Waals surface area contributed by atoms with E-state index >= 15 is 0 Å². The second kappa shape index (κ2) is 7.48. The number of halogens is 1. The molecule has 3 heterocycles. The zero-order chi connectivity index (χ0) is 18.1. The van der Waals surface area contributed by atoms with Gasteiger partial charge in [-0.25, -0.2) is 4.98 Å². The highest BCUT2D eigenvalue weighted by atomic mass is 35.5. The summed E-state index contributed by atoms with van der Waals surface area (Å²) < 4.78 is 2.03. The standard InChI is InChI=1S/C21H17N5.ClH/c1-3-6-16-14(2)17(13-22)21-25-18-7-4-5-8-19(18)26(21)20(16)24-15-9-11-23-12-10-15;/h3-5,7-12H,1,6H2,2H3,(H,23,24);1H. The van der Waals surface area contributed by atoms with Crippen molar-refractivity contribution in [1.29, 1.82) is 5.26 Å². The molecule has 0 saturated carbocycles. The highest BCUT2D eigenvalue weighted by Gasteiger charge is 2.20. The van der Waals surface area contributed by atoms with Gasteiger partial charge < -0.3 is 5.32 Å². The third-order valence-corrected chi connectivity index (χ3v) is 4.52. The van der Waals surface area contributed by atoms with Crippen LogP contribution in [0, 0.1) is 18.3 Å². The van der Waals surface area contributed by atoms with Crippen molar-refractivity contribution in [2.45, 2.75) is 13.3 Å². The Morgan fingerprint density at radius 1 is 1.22 bits per heavy atom. The molecule has 0 amide bonds. The molecule has 0 unspecified atom stereocenters. The van der Waals surface area contributed by atoms with E-state index in [0.717, 1.165) is 33.7 Å². The fourth-order valence-electron chi connectivity index (χ4n) is 3.28. The van der Waals surface area contributed by atoms with Crippen LogP contribution in [0.3, 0.4) is 0 Å². The highest BCUT2D eigenvalue weighted by molar-refractivity contribution is 5.87. The van der Waals surface area contributed by atoms with Gasteiger partial charge in [-0.3, -0.25) is 9.38 Å². The average molecular weight is 376 g/mol. The largest absolute Gasteiger partial charge is 0.341 e. The quantitative estimate of drug-likeness (QED) is 0.512. The molecule has 27 heavy (non-hydrogen) atoms. The highest BCUT2D eigenvalue weighted by Crippen LogP contribution is 2.33. The smallest absolute Gasteiger partial charge is 0.157 e. The molecule has 3 aromatic heterocycles. The van der Waals surface area contributed by atoms with E-state index in [-0.39, 0.29) is 12.4 Å². The van der Waals surface area contributed by atoms with E-state index in [0.29, 0.717) is 17.6 Å². The molecule has 0 aliphatic rings. The second-order valence-corrected chi connectivity index (χ2v) is 6.05. The summed E-state index contributed by atoms with van der Waals surface area (Å²) in [6.45, 7) is 5.85. The van der Waals surface area contributed by atoms with Gasteiger partial charge in [-0.15, -0.1) is 19.0 Å². The van der Waals surface area contributed by atoms with Crippen LogP contribution in [0.2, 0.25) is 0 Å². The number of hydrogen-bond donors (Lipinski definition) is 1. The molecule has 0 radical (unpaired) electrons. The molecule has 0 spiro atoms. The molecule has 5 nitrogen and oxygen atoms in total. The minimum absolute atomic E-state index is 0. The van der Waals surface area contributed by atoms with Crippen molar-refractivity contribution < 1.29 is 0 Å². The van der Waals surface area contributed by atoms with Gasteiger partial charge in [-0.05, 0) is 43.2 Å². The Hall–Kier alpha value is -3.36. The number of aromatic nitrogens is 3. The van der Waals surface area contributed by atoms with Crippen molar-refractivity contribution in [3.63, 3.8) is 0 Å². The number of rotatable bonds is 4. The summed E-state index contributed by atoms with van der Waals surface area (Å²) >= 11 is 0. The number of imidazole rings is 1. The Kier molecular flexibility index (Phi) is 5.11. The molecule has 4 aromatic rings. The summed E-state index contributed by atoms with van der Waals surface area (Å²) in [7, 11) is 0. The predicted molar refractivity (Wildman–Crippen MR) is 111 cm³/mol. The third kappa shape index (κ3) is 3.01. The first-order valence-electron chi connectivity index (χ1n) is 8.35. The number of pyridine rings is 2. The number of fused-ring (bicyclic) bond motifs is 3. The summed E-state index contributed by atoms with van der Waals surface area (Å²) in [5, 5.41) is 13.3. The van der Waals surface area contributed by atoms with Crippen LogP contribution in [-0.2, 0) is 6.42 Å². The van der Waals surface area contributed by atoms with E-state index in [9.17, 15) is 5.26 Å². The van der Waals surface area contributed by atoms with Gasteiger partial charge in [-0.2, -0.15) is 5.26 Å². The minimum Gasteiger partial charge on any atom is -0.341 e. The molecule has 1 aromatic carbocycles. The number of nitriles is 1. The Morgan fingerprint density at radius 2 is 1.96 bits per heavy atom. The fraction of sp³-hybridized carbons (Fsp3) is 0.0952. The van der Waals surface area contributed by atoms with Gasteiger partial charge in [0.1, 0.15) is 11.9 Å². The number of anilines is 2. The van der Waals surface area contributed by atoms with Crippen molar-refractivity contribution in [2.24, 2.45) is 0 Å². The molecule has 4 rings (SSSR count). The summed E-state index contributed by atoms with van der Waals surface area (Å²) in [4.78, 5) is 8.79. The molecule has 0 bridgehead atoms. The van der Waals surface area contributed by atoms with E-state index in [4.69, 9.17) is 4.98 Å². The monoisotopic (exact) mass is 375 g/mol. The van der Waals surface area contributed by atoms with Crippen molar-refractivity contribution in [3.05, 3.63) is 78.1 Å². The minimum atomic E-state index is 0. The van der Waals surface area contributed by atoms with E-state index in [1.165, 1.54) is 0 Å². The molecule has 1 N–H and O–H groups in total. The molecule has 0 fully saturated rings. The third-order valence-electron chi connectivity index (χ3n) is 4.52. The van der Waals surface area contributed by atoms with E-state index < -0.39 is 0 Å². The Balaban J connectivity index is 0.00000210. The van der Waals surface area contributed by atoms with Gasteiger partial charge in [0, 0.05) is 23.6 Å². The lowest BCUT2D eigenvalue weighted by Crippen LogP contribution is -2.08. The summed E-state index contributed by atoms with van der Waals surface area (Å²) in [6, 6.07) is 14.1. The molecule has 0 aliphatic heterocycles. The van der Waals surface area contributed by atoms with Crippen LogP contribution in [0.5, 0.6) is 0 Å². The lowest BCUT2D eigenvalue weighted by Gasteiger charge is -2.18. The molecule has 134 valence electrons. The number of allylic oxidation sites excluding steroid dienone is 1. The first-order valence-corrected chi connectivity index (χ1v) is 8.35. The maximum Gasteiger partial charge on any atom is 0.157 e. The molecule has 0 saturated heterocycles. The van der Waals surface area contributed by atoms with Gasteiger partial charge in [-0.1, -0.05) is 18.2 Å². The van der Waals surface area contributed by atoms with Gasteiger partial charge in [0.25, 0.3) is 0 Å². The molecular weight excluding hydrogens is 358 g/mol.